The molecule has 1 aromatic heterocycles. The third-order valence-electron chi connectivity index (χ3n) is 3.55. The quantitative estimate of drug-likeness (QED) is 0.630. The smallest absolute Gasteiger partial charge is 0.252 e. The highest BCUT2D eigenvalue weighted by molar-refractivity contribution is 7.89. The van der Waals surface area contributed by atoms with Crippen LogP contribution in [0.5, 0.6) is 5.75 Å². The number of sulfonamides is 1. The Balaban J connectivity index is 2.16. The zero-order valence-corrected chi connectivity index (χ0v) is 15.5. The number of benzene rings is 1. The minimum Gasteiger partial charge on any atom is -0.496 e. The Morgan fingerprint density at radius 1 is 1.40 bits per heavy atom. The van der Waals surface area contributed by atoms with Crippen LogP contribution < -0.4 is 15.2 Å². The Kier molecular flexibility index (Phi) is 5.83. The predicted molar refractivity (Wildman–Crippen MR) is 95.3 cm³/mol. The van der Waals surface area contributed by atoms with E-state index < -0.39 is 21.5 Å². The lowest BCUT2D eigenvalue weighted by Crippen LogP contribution is -2.42. The van der Waals surface area contributed by atoms with Crippen molar-refractivity contribution in [1.82, 2.24) is 4.72 Å². The Labute approximate surface area is 150 Å². The van der Waals surface area contributed by atoms with Crippen LogP contribution in [-0.2, 0) is 16.4 Å². The van der Waals surface area contributed by atoms with Gasteiger partial charge in [0.05, 0.1) is 23.2 Å². The van der Waals surface area contributed by atoms with Crippen molar-refractivity contribution in [2.75, 3.05) is 13.7 Å². The molecular weight excluding hydrogens is 364 g/mol. The number of methoxy groups -OCH3 is 1. The number of rotatable bonds is 8. The molecule has 0 aliphatic heterocycles. The Morgan fingerprint density at radius 3 is 2.68 bits per heavy atom. The Morgan fingerprint density at radius 2 is 2.12 bits per heavy atom. The SMILES string of the molecule is COc1ccc(S(=O)(=O)NCC(C)(O)Cc2ccsc2)cc1C(N)=O. The highest BCUT2D eigenvalue weighted by Crippen LogP contribution is 2.22. The topological polar surface area (TPSA) is 119 Å². The van der Waals surface area contributed by atoms with Gasteiger partial charge in [0.1, 0.15) is 5.75 Å². The van der Waals surface area contributed by atoms with Gasteiger partial charge >= 0.3 is 0 Å². The monoisotopic (exact) mass is 384 g/mol. The average Bonchev–Trinajstić information content (AvgIpc) is 3.04. The summed E-state index contributed by atoms with van der Waals surface area (Å²) in [6.45, 7) is 1.37. The normalized spacial score (nSPS) is 14.0. The molecule has 0 radical (unpaired) electrons. The Hall–Kier alpha value is -1.94. The summed E-state index contributed by atoms with van der Waals surface area (Å²) in [5.74, 6) is -0.603. The molecule has 1 amide bonds. The van der Waals surface area contributed by atoms with Gasteiger partial charge in [-0.3, -0.25) is 4.79 Å². The van der Waals surface area contributed by atoms with Crippen molar-refractivity contribution < 1.29 is 23.1 Å². The van der Waals surface area contributed by atoms with Gasteiger partial charge in [0.25, 0.3) is 5.91 Å². The molecule has 0 saturated carbocycles. The van der Waals surface area contributed by atoms with Crippen molar-refractivity contribution in [3.63, 3.8) is 0 Å². The molecule has 136 valence electrons. The van der Waals surface area contributed by atoms with E-state index in [1.165, 1.54) is 30.6 Å². The van der Waals surface area contributed by atoms with E-state index in [0.29, 0.717) is 6.42 Å². The zero-order valence-electron chi connectivity index (χ0n) is 13.9. The van der Waals surface area contributed by atoms with Crippen LogP contribution in [0.15, 0.2) is 39.9 Å². The molecule has 0 fully saturated rings. The summed E-state index contributed by atoms with van der Waals surface area (Å²) in [6, 6.07) is 5.69. The van der Waals surface area contributed by atoms with Gasteiger partial charge in [0, 0.05) is 13.0 Å². The Bertz CT molecular complexity index is 845. The molecule has 2 aromatic rings. The summed E-state index contributed by atoms with van der Waals surface area (Å²) in [4.78, 5) is 11.3. The van der Waals surface area contributed by atoms with Gasteiger partial charge in [-0.2, -0.15) is 11.3 Å². The maximum absolute atomic E-state index is 12.4. The van der Waals surface area contributed by atoms with Gasteiger partial charge in [-0.15, -0.1) is 0 Å². The van der Waals surface area contributed by atoms with E-state index >= 15 is 0 Å². The molecule has 0 spiro atoms. The summed E-state index contributed by atoms with van der Waals surface area (Å²) in [7, 11) is -2.57. The van der Waals surface area contributed by atoms with Gasteiger partial charge in [-0.05, 0) is 47.5 Å². The maximum Gasteiger partial charge on any atom is 0.252 e. The molecule has 1 atom stereocenters. The van der Waals surface area contributed by atoms with Crippen LogP contribution in [-0.4, -0.2) is 38.7 Å². The minimum absolute atomic E-state index is 0.0320. The van der Waals surface area contributed by atoms with Crippen molar-refractivity contribution in [3.05, 3.63) is 46.2 Å². The number of hydrogen-bond donors (Lipinski definition) is 3. The van der Waals surface area contributed by atoms with Crippen LogP contribution in [0.3, 0.4) is 0 Å². The second kappa shape index (κ2) is 7.52. The molecule has 0 aliphatic rings. The third kappa shape index (κ3) is 5.02. The highest BCUT2D eigenvalue weighted by atomic mass is 32.2. The molecule has 9 heteroatoms. The van der Waals surface area contributed by atoms with Crippen molar-refractivity contribution in [1.29, 1.82) is 0 Å². The van der Waals surface area contributed by atoms with Gasteiger partial charge < -0.3 is 15.6 Å². The van der Waals surface area contributed by atoms with E-state index in [1.54, 1.807) is 6.92 Å². The molecule has 7 nitrogen and oxygen atoms in total. The van der Waals surface area contributed by atoms with E-state index in [9.17, 15) is 18.3 Å². The molecule has 0 saturated heterocycles. The molecule has 0 aliphatic carbocycles. The van der Waals surface area contributed by atoms with Crippen molar-refractivity contribution in [2.45, 2.75) is 23.8 Å². The second-order valence-electron chi connectivity index (χ2n) is 5.86. The lowest BCUT2D eigenvalue weighted by molar-refractivity contribution is 0.0658. The van der Waals surface area contributed by atoms with Gasteiger partial charge in [0.15, 0.2) is 0 Å². The second-order valence-corrected chi connectivity index (χ2v) is 8.40. The number of carbonyl (C=O) groups is 1. The number of hydrogen-bond acceptors (Lipinski definition) is 6. The van der Waals surface area contributed by atoms with Crippen molar-refractivity contribution >= 4 is 27.3 Å². The van der Waals surface area contributed by atoms with Crippen LogP contribution in [0.1, 0.15) is 22.8 Å². The summed E-state index contributed by atoms with van der Waals surface area (Å²) in [5, 5.41) is 14.2. The number of ether oxygens (including phenoxy) is 1. The number of amides is 1. The fourth-order valence-corrected chi connectivity index (χ4v) is 4.13. The molecule has 1 unspecified atom stereocenters. The van der Waals surface area contributed by atoms with Gasteiger partial charge in [-0.1, -0.05) is 0 Å². The first-order chi connectivity index (χ1) is 11.6. The van der Waals surface area contributed by atoms with Crippen LogP contribution in [0.4, 0.5) is 0 Å². The molecular formula is C16H20N2O5S2. The predicted octanol–water partition coefficient (Wildman–Crippen LogP) is 1.13. The largest absolute Gasteiger partial charge is 0.496 e. The zero-order chi connectivity index (χ0) is 18.7. The van der Waals surface area contributed by atoms with E-state index in [-0.39, 0.29) is 22.8 Å². The molecule has 25 heavy (non-hydrogen) atoms. The summed E-state index contributed by atoms with van der Waals surface area (Å²) < 4.78 is 32.2. The highest BCUT2D eigenvalue weighted by Gasteiger charge is 2.25. The number of nitrogens with two attached hydrogens (primary N) is 1. The summed E-state index contributed by atoms with van der Waals surface area (Å²) >= 11 is 1.50. The van der Waals surface area contributed by atoms with E-state index in [2.05, 4.69) is 4.72 Å². The van der Waals surface area contributed by atoms with E-state index in [1.807, 2.05) is 16.8 Å². The summed E-state index contributed by atoms with van der Waals surface area (Å²) in [5.41, 5.74) is 4.88. The molecule has 0 bridgehead atoms. The first-order valence-corrected chi connectivity index (χ1v) is 9.78. The number of carbonyl (C=O) groups excluding carboxylic acids is 1. The lowest BCUT2D eigenvalue weighted by Gasteiger charge is -2.23. The van der Waals surface area contributed by atoms with Crippen LogP contribution in [0.2, 0.25) is 0 Å². The van der Waals surface area contributed by atoms with Crippen LogP contribution in [0, 0.1) is 0 Å². The van der Waals surface area contributed by atoms with E-state index in [0.717, 1.165) is 11.6 Å². The van der Waals surface area contributed by atoms with Gasteiger partial charge in [-0.25, -0.2) is 13.1 Å². The maximum atomic E-state index is 12.4. The fraction of sp³-hybridized carbons (Fsp3) is 0.312. The first kappa shape index (κ1) is 19.4. The number of primary amides is 1. The molecule has 1 aromatic carbocycles. The van der Waals surface area contributed by atoms with Gasteiger partial charge in [0.2, 0.25) is 10.0 Å². The fourth-order valence-electron chi connectivity index (χ4n) is 2.28. The van der Waals surface area contributed by atoms with Crippen LogP contribution >= 0.6 is 11.3 Å². The minimum atomic E-state index is -3.92. The number of aliphatic hydroxyl groups is 1. The van der Waals surface area contributed by atoms with Crippen molar-refractivity contribution in [2.24, 2.45) is 5.73 Å². The van der Waals surface area contributed by atoms with Crippen molar-refractivity contribution in [3.8, 4) is 5.75 Å². The number of thiophene rings is 1. The average molecular weight is 384 g/mol. The summed E-state index contributed by atoms with van der Waals surface area (Å²) in [6.07, 6.45) is 0.314. The molecule has 2 rings (SSSR count). The third-order valence-corrected chi connectivity index (χ3v) is 5.69. The molecule has 4 N–H and O–H groups in total. The number of nitrogens with one attached hydrogen (secondary N) is 1. The standard InChI is InChI=1S/C16H20N2O5S2/c1-16(20,8-11-5-6-24-9-11)10-18-25(21,22)12-3-4-14(23-2)13(7-12)15(17)19/h3-7,9,18,20H,8,10H2,1-2H3,(H2,17,19). The first-order valence-electron chi connectivity index (χ1n) is 7.35. The lowest BCUT2D eigenvalue weighted by atomic mass is 9.99. The van der Waals surface area contributed by atoms with E-state index in [4.69, 9.17) is 10.5 Å². The molecule has 1 heterocycles. The van der Waals surface area contributed by atoms with Crippen LogP contribution in [0.25, 0.3) is 0 Å².